The number of morpholine rings is 1. The second-order valence-electron chi connectivity index (χ2n) is 4.79. The van der Waals surface area contributed by atoms with Gasteiger partial charge in [0.15, 0.2) is 12.6 Å². The standard InChI is InChI=1S/C14H18F3N3O2/c15-14(16,17)10-22-12-4-2-1-3-11(12)9-19-13(18)20-5-7-21-8-6-20/h1-4H,5-10H2,(H2,18,19). The van der Waals surface area contributed by atoms with Gasteiger partial charge in [-0.05, 0) is 6.07 Å². The number of nitrogens with two attached hydrogens (primary N) is 1. The predicted molar refractivity (Wildman–Crippen MR) is 75.7 cm³/mol. The first-order chi connectivity index (χ1) is 10.5. The van der Waals surface area contributed by atoms with Crippen molar-refractivity contribution in [3.05, 3.63) is 29.8 Å². The van der Waals surface area contributed by atoms with E-state index in [1.807, 2.05) is 4.90 Å². The van der Waals surface area contributed by atoms with Gasteiger partial charge >= 0.3 is 6.18 Å². The summed E-state index contributed by atoms with van der Waals surface area (Å²) in [6.07, 6.45) is -4.37. The molecule has 122 valence electrons. The van der Waals surface area contributed by atoms with E-state index in [-0.39, 0.29) is 12.3 Å². The smallest absolute Gasteiger partial charge is 0.422 e. The average Bonchev–Trinajstić information content (AvgIpc) is 2.51. The van der Waals surface area contributed by atoms with E-state index < -0.39 is 12.8 Å². The number of nitrogens with zero attached hydrogens (tertiary/aromatic N) is 2. The molecule has 1 heterocycles. The highest BCUT2D eigenvalue weighted by atomic mass is 19.4. The zero-order chi connectivity index (χ0) is 16.0. The van der Waals surface area contributed by atoms with Crippen LogP contribution in [0.5, 0.6) is 5.75 Å². The van der Waals surface area contributed by atoms with Crippen LogP contribution in [0.1, 0.15) is 5.56 Å². The molecule has 0 aromatic heterocycles. The van der Waals surface area contributed by atoms with E-state index in [1.165, 1.54) is 6.07 Å². The van der Waals surface area contributed by atoms with Gasteiger partial charge < -0.3 is 20.1 Å². The summed E-state index contributed by atoms with van der Waals surface area (Å²) in [5, 5.41) is 0. The third-order valence-electron chi connectivity index (χ3n) is 3.11. The highest BCUT2D eigenvalue weighted by molar-refractivity contribution is 5.78. The summed E-state index contributed by atoms with van der Waals surface area (Å²) >= 11 is 0. The fourth-order valence-electron chi connectivity index (χ4n) is 1.99. The van der Waals surface area contributed by atoms with E-state index in [4.69, 9.17) is 15.2 Å². The first kappa shape index (κ1) is 16.4. The first-order valence-corrected chi connectivity index (χ1v) is 6.86. The van der Waals surface area contributed by atoms with E-state index in [2.05, 4.69) is 4.99 Å². The fourth-order valence-corrected chi connectivity index (χ4v) is 1.99. The normalized spacial score (nSPS) is 16.7. The lowest BCUT2D eigenvalue weighted by molar-refractivity contribution is -0.153. The van der Waals surface area contributed by atoms with Crippen molar-refractivity contribution in [2.45, 2.75) is 12.7 Å². The average molecular weight is 317 g/mol. The number of benzene rings is 1. The Bertz CT molecular complexity index is 514. The van der Waals surface area contributed by atoms with Crippen molar-refractivity contribution in [2.24, 2.45) is 10.7 Å². The van der Waals surface area contributed by atoms with Gasteiger partial charge in [0.2, 0.25) is 0 Å². The number of halogens is 3. The van der Waals surface area contributed by atoms with Crippen LogP contribution in [0.4, 0.5) is 13.2 Å². The van der Waals surface area contributed by atoms with Gasteiger partial charge in [-0.25, -0.2) is 4.99 Å². The Labute approximate surface area is 126 Å². The van der Waals surface area contributed by atoms with Gasteiger partial charge in [-0.3, -0.25) is 0 Å². The van der Waals surface area contributed by atoms with Crippen LogP contribution in [0, 0.1) is 0 Å². The van der Waals surface area contributed by atoms with Gasteiger partial charge in [-0.15, -0.1) is 0 Å². The number of hydrogen-bond donors (Lipinski definition) is 1. The highest BCUT2D eigenvalue weighted by Gasteiger charge is 2.28. The SMILES string of the molecule is NC(=NCc1ccccc1OCC(F)(F)F)N1CCOCC1. The lowest BCUT2D eigenvalue weighted by Crippen LogP contribution is -2.44. The molecule has 2 rings (SSSR count). The van der Waals surface area contributed by atoms with Crippen LogP contribution in [0.25, 0.3) is 0 Å². The number of alkyl halides is 3. The third kappa shape index (κ3) is 5.10. The zero-order valence-electron chi connectivity index (χ0n) is 12.0. The number of para-hydroxylation sites is 1. The molecule has 1 aliphatic rings. The number of ether oxygens (including phenoxy) is 2. The van der Waals surface area contributed by atoms with Gasteiger partial charge in [0.05, 0.1) is 19.8 Å². The van der Waals surface area contributed by atoms with Crippen LogP contribution in [0.3, 0.4) is 0 Å². The maximum Gasteiger partial charge on any atom is 0.422 e. The molecule has 0 amide bonds. The molecule has 1 aromatic rings. The summed E-state index contributed by atoms with van der Waals surface area (Å²) in [5.74, 6) is 0.521. The molecule has 22 heavy (non-hydrogen) atoms. The van der Waals surface area contributed by atoms with E-state index in [1.54, 1.807) is 18.2 Å². The summed E-state index contributed by atoms with van der Waals surface area (Å²) in [4.78, 5) is 6.10. The predicted octanol–water partition coefficient (Wildman–Crippen LogP) is 1.77. The molecule has 0 atom stereocenters. The minimum Gasteiger partial charge on any atom is -0.484 e. The lowest BCUT2D eigenvalue weighted by atomic mass is 10.2. The molecule has 5 nitrogen and oxygen atoms in total. The fraction of sp³-hybridized carbons (Fsp3) is 0.500. The van der Waals surface area contributed by atoms with Gasteiger partial charge in [0.25, 0.3) is 0 Å². The van der Waals surface area contributed by atoms with Crippen LogP contribution in [0.2, 0.25) is 0 Å². The minimum absolute atomic E-state index is 0.164. The van der Waals surface area contributed by atoms with Crippen molar-refractivity contribution in [1.29, 1.82) is 0 Å². The molecule has 0 bridgehead atoms. The second-order valence-corrected chi connectivity index (χ2v) is 4.79. The van der Waals surface area contributed by atoms with Crippen LogP contribution in [-0.4, -0.2) is 49.9 Å². The monoisotopic (exact) mass is 317 g/mol. The van der Waals surface area contributed by atoms with E-state index in [0.29, 0.717) is 37.8 Å². The Kier molecular flexibility index (Phi) is 5.48. The van der Waals surface area contributed by atoms with E-state index >= 15 is 0 Å². The molecule has 0 aliphatic carbocycles. The molecule has 0 saturated carbocycles. The Morgan fingerprint density at radius 1 is 1.27 bits per heavy atom. The number of hydrogen-bond acceptors (Lipinski definition) is 3. The summed E-state index contributed by atoms with van der Waals surface area (Å²) in [5.41, 5.74) is 6.45. The van der Waals surface area contributed by atoms with Crippen molar-refractivity contribution in [3.63, 3.8) is 0 Å². The van der Waals surface area contributed by atoms with Gasteiger partial charge in [0, 0.05) is 18.7 Å². The van der Waals surface area contributed by atoms with Gasteiger partial charge in [0.1, 0.15) is 5.75 Å². The largest absolute Gasteiger partial charge is 0.484 e. The zero-order valence-corrected chi connectivity index (χ0v) is 12.0. The molecule has 1 saturated heterocycles. The molecule has 0 spiro atoms. The second kappa shape index (κ2) is 7.35. The molecule has 0 radical (unpaired) electrons. The molecular weight excluding hydrogens is 299 g/mol. The highest BCUT2D eigenvalue weighted by Crippen LogP contribution is 2.22. The Balaban J connectivity index is 1.99. The Morgan fingerprint density at radius 2 is 1.95 bits per heavy atom. The Morgan fingerprint density at radius 3 is 2.64 bits per heavy atom. The van der Waals surface area contributed by atoms with Crippen molar-refractivity contribution in [3.8, 4) is 5.75 Å². The maximum atomic E-state index is 12.2. The van der Waals surface area contributed by atoms with Crippen molar-refractivity contribution >= 4 is 5.96 Å². The summed E-state index contributed by atoms with van der Waals surface area (Å²) in [7, 11) is 0. The van der Waals surface area contributed by atoms with Gasteiger partial charge in [-0.2, -0.15) is 13.2 Å². The maximum absolute atomic E-state index is 12.2. The van der Waals surface area contributed by atoms with Crippen molar-refractivity contribution in [2.75, 3.05) is 32.9 Å². The lowest BCUT2D eigenvalue weighted by Gasteiger charge is -2.27. The molecular formula is C14H18F3N3O2. The molecule has 8 heteroatoms. The topological polar surface area (TPSA) is 60.1 Å². The van der Waals surface area contributed by atoms with Crippen molar-refractivity contribution < 1.29 is 22.6 Å². The summed E-state index contributed by atoms with van der Waals surface area (Å²) in [6.45, 7) is 1.32. The molecule has 2 N–H and O–H groups in total. The van der Waals surface area contributed by atoms with Crippen LogP contribution >= 0.6 is 0 Å². The summed E-state index contributed by atoms with van der Waals surface area (Å²) < 4.78 is 46.7. The van der Waals surface area contributed by atoms with Gasteiger partial charge in [-0.1, -0.05) is 18.2 Å². The minimum atomic E-state index is -4.37. The van der Waals surface area contributed by atoms with Crippen LogP contribution < -0.4 is 10.5 Å². The Hall–Kier alpha value is -1.96. The number of guanidine groups is 1. The molecule has 1 aliphatic heterocycles. The molecule has 1 aromatic carbocycles. The summed E-state index contributed by atoms with van der Waals surface area (Å²) in [6, 6.07) is 6.49. The number of aliphatic imine (C=N–C) groups is 1. The van der Waals surface area contributed by atoms with E-state index in [9.17, 15) is 13.2 Å². The molecule has 0 unspecified atom stereocenters. The third-order valence-corrected chi connectivity index (χ3v) is 3.11. The van der Waals surface area contributed by atoms with E-state index in [0.717, 1.165) is 0 Å². The number of rotatable bonds is 4. The quantitative estimate of drug-likeness (QED) is 0.679. The molecule has 1 fully saturated rings. The van der Waals surface area contributed by atoms with Crippen molar-refractivity contribution in [1.82, 2.24) is 4.90 Å². The first-order valence-electron chi connectivity index (χ1n) is 6.86. The van der Waals surface area contributed by atoms with Crippen LogP contribution in [0.15, 0.2) is 29.3 Å². The van der Waals surface area contributed by atoms with Crippen LogP contribution in [-0.2, 0) is 11.3 Å².